The van der Waals surface area contributed by atoms with E-state index in [1.807, 2.05) is 36.4 Å². The Labute approximate surface area is 191 Å². The Morgan fingerprint density at radius 1 is 0.875 bits per heavy atom. The van der Waals surface area contributed by atoms with Gasteiger partial charge in [0.1, 0.15) is 0 Å². The first kappa shape index (κ1) is 21.8. The van der Waals surface area contributed by atoms with E-state index in [4.69, 9.17) is 5.73 Å². The van der Waals surface area contributed by atoms with Crippen LogP contribution < -0.4 is 10.6 Å². The third kappa shape index (κ3) is 4.92. The van der Waals surface area contributed by atoms with E-state index in [-0.39, 0.29) is 5.78 Å². The number of carbonyl (C=O) groups excluding carboxylic acids is 1. The van der Waals surface area contributed by atoms with Crippen LogP contribution in [0.3, 0.4) is 0 Å². The zero-order valence-electron chi connectivity index (χ0n) is 19.1. The smallest absolute Gasteiger partial charge is 0.187 e. The summed E-state index contributed by atoms with van der Waals surface area (Å²) in [5.74, 6) is -0.00611. The fourth-order valence-corrected chi connectivity index (χ4v) is 4.30. The van der Waals surface area contributed by atoms with Gasteiger partial charge in [-0.1, -0.05) is 53.6 Å². The minimum Gasteiger partial charge on any atom is -0.398 e. The van der Waals surface area contributed by atoms with Crippen molar-refractivity contribution in [2.75, 3.05) is 43.9 Å². The van der Waals surface area contributed by atoms with Crippen LogP contribution in [0.25, 0.3) is 17.2 Å². The molecule has 0 atom stereocenters. The van der Waals surface area contributed by atoms with Crippen molar-refractivity contribution in [3.05, 3.63) is 89.0 Å². The summed E-state index contributed by atoms with van der Waals surface area (Å²) in [7, 11) is 2.14. The van der Waals surface area contributed by atoms with Gasteiger partial charge in [-0.05, 0) is 67.9 Å². The number of hydrogen-bond acceptors (Lipinski definition) is 4. The standard InChI is InChI=1S/C28H31N3O/c1-20-16-21(2)18-24(17-20)23-8-10-27(31-14-12-30(3)13-15-31)25(19-23)28(32)11-9-22-6-4-5-7-26(22)29/h4-11,16-19H,12-15,29H2,1-3H3/b11-9+. The zero-order valence-corrected chi connectivity index (χ0v) is 19.1. The average Bonchev–Trinajstić information content (AvgIpc) is 2.78. The van der Waals surface area contributed by atoms with E-state index in [2.05, 4.69) is 61.0 Å². The number of likely N-dealkylation sites (N-methyl/N-ethyl adjacent to an activating group) is 1. The van der Waals surface area contributed by atoms with Gasteiger partial charge in [0.25, 0.3) is 0 Å². The fourth-order valence-electron chi connectivity index (χ4n) is 4.30. The van der Waals surface area contributed by atoms with Gasteiger partial charge in [-0.2, -0.15) is 0 Å². The van der Waals surface area contributed by atoms with E-state index < -0.39 is 0 Å². The van der Waals surface area contributed by atoms with E-state index in [1.54, 1.807) is 6.08 Å². The molecular weight excluding hydrogens is 394 g/mol. The quantitative estimate of drug-likeness (QED) is 0.347. The Morgan fingerprint density at radius 2 is 1.56 bits per heavy atom. The number of rotatable bonds is 5. The largest absolute Gasteiger partial charge is 0.398 e. The second-order valence-corrected chi connectivity index (χ2v) is 8.73. The summed E-state index contributed by atoms with van der Waals surface area (Å²) in [6, 6.07) is 20.4. The van der Waals surface area contributed by atoms with E-state index in [0.29, 0.717) is 5.69 Å². The van der Waals surface area contributed by atoms with Crippen molar-refractivity contribution >= 4 is 23.2 Å². The highest BCUT2D eigenvalue weighted by Gasteiger charge is 2.20. The predicted octanol–water partition coefficient (Wildman–Crippen LogP) is 5.20. The maximum absolute atomic E-state index is 13.4. The number of ketones is 1. The van der Waals surface area contributed by atoms with Crippen LogP contribution in [0.1, 0.15) is 27.0 Å². The number of aryl methyl sites for hydroxylation is 2. The normalized spacial score (nSPS) is 14.8. The van der Waals surface area contributed by atoms with Gasteiger partial charge < -0.3 is 15.5 Å². The minimum absolute atomic E-state index is 0.00611. The lowest BCUT2D eigenvalue weighted by Gasteiger charge is -2.35. The van der Waals surface area contributed by atoms with E-state index >= 15 is 0 Å². The molecule has 0 unspecified atom stereocenters. The first-order valence-electron chi connectivity index (χ1n) is 11.1. The number of piperazine rings is 1. The molecule has 3 aromatic carbocycles. The highest BCUT2D eigenvalue weighted by atomic mass is 16.1. The van der Waals surface area contributed by atoms with Crippen LogP contribution >= 0.6 is 0 Å². The van der Waals surface area contributed by atoms with Crippen molar-refractivity contribution in [3.8, 4) is 11.1 Å². The van der Waals surface area contributed by atoms with Gasteiger partial charge in [-0.25, -0.2) is 0 Å². The van der Waals surface area contributed by atoms with Crippen molar-refractivity contribution in [1.82, 2.24) is 4.90 Å². The fraction of sp³-hybridized carbons (Fsp3) is 0.250. The lowest BCUT2D eigenvalue weighted by Crippen LogP contribution is -2.45. The van der Waals surface area contributed by atoms with Gasteiger partial charge in [-0.15, -0.1) is 0 Å². The summed E-state index contributed by atoms with van der Waals surface area (Å²) in [5, 5.41) is 0. The van der Waals surface area contributed by atoms with Gasteiger partial charge in [0.2, 0.25) is 0 Å². The number of nitrogens with two attached hydrogens (primary N) is 1. The molecule has 1 heterocycles. The molecule has 4 nitrogen and oxygen atoms in total. The summed E-state index contributed by atoms with van der Waals surface area (Å²) in [6.45, 7) is 8.01. The Balaban J connectivity index is 1.73. The third-order valence-electron chi connectivity index (χ3n) is 6.07. The Kier molecular flexibility index (Phi) is 6.42. The molecule has 3 aromatic rings. The molecule has 32 heavy (non-hydrogen) atoms. The van der Waals surface area contributed by atoms with E-state index in [9.17, 15) is 4.79 Å². The molecule has 0 amide bonds. The van der Waals surface area contributed by atoms with E-state index in [1.165, 1.54) is 11.1 Å². The topological polar surface area (TPSA) is 49.6 Å². The second-order valence-electron chi connectivity index (χ2n) is 8.73. The maximum atomic E-state index is 13.4. The van der Waals surface area contributed by atoms with Gasteiger partial charge in [-0.3, -0.25) is 4.79 Å². The number of carbonyl (C=O) groups is 1. The van der Waals surface area contributed by atoms with Crippen LogP contribution in [0.5, 0.6) is 0 Å². The molecule has 0 aliphatic carbocycles. The summed E-state index contributed by atoms with van der Waals surface area (Å²) < 4.78 is 0. The Hall–Kier alpha value is -3.37. The predicted molar refractivity (Wildman–Crippen MR) is 135 cm³/mol. The second kappa shape index (κ2) is 9.41. The van der Waals surface area contributed by atoms with Gasteiger partial charge >= 0.3 is 0 Å². The highest BCUT2D eigenvalue weighted by Crippen LogP contribution is 2.30. The molecule has 1 saturated heterocycles. The molecule has 0 aromatic heterocycles. The Morgan fingerprint density at radius 3 is 2.25 bits per heavy atom. The highest BCUT2D eigenvalue weighted by molar-refractivity contribution is 6.11. The monoisotopic (exact) mass is 425 g/mol. The molecule has 1 fully saturated rings. The van der Waals surface area contributed by atoms with Gasteiger partial charge in [0.15, 0.2) is 5.78 Å². The molecule has 4 heteroatoms. The number of anilines is 2. The molecule has 0 spiro atoms. The van der Waals surface area contributed by atoms with Crippen molar-refractivity contribution in [3.63, 3.8) is 0 Å². The van der Waals surface area contributed by atoms with Crippen LogP contribution in [0, 0.1) is 13.8 Å². The number of benzene rings is 3. The molecule has 0 saturated carbocycles. The van der Waals surface area contributed by atoms with Crippen LogP contribution in [-0.4, -0.2) is 43.9 Å². The van der Waals surface area contributed by atoms with Crippen LogP contribution in [0.4, 0.5) is 11.4 Å². The van der Waals surface area contributed by atoms with Gasteiger partial charge in [0, 0.05) is 43.1 Å². The molecular formula is C28H31N3O. The van der Waals surface area contributed by atoms with Crippen molar-refractivity contribution < 1.29 is 4.79 Å². The van der Waals surface area contributed by atoms with Crippen LogP contribution in [0.15, 0.2) is 66.7 Å². The van der Waals surface area contributed by atoms with E-state index in [0.717, 1.165) is 54.1 Å². The lowest BCUT2D eigenvalue weighted by molar-refractivity contribution is 0.104. The third-order valence-corrected chi connectivity index (χ3v) is 6.07. The van der Waals surface area contributed by atoms with Crippen molar-refractivity contribution in [2.24, 2.45) is 0 Å². The SMILES string of the molecule is Cc1cc(C)cc(-c2ccc(N3CCN(C)CC3)c(C(=O)/C=C/c3ccccc3N)c2)c1. The molecule has 1 aliphatic rings. The summed E-state index contributed by atoms with van der Waals surface area (Å²) in [5.41, 5.74) is 13.9. The molecule has 0 radical (unpaired) electrons. The molecule has 4 rings (SSSR count). The number of nitrogen functional groups attached to an aromatic ring is 1. The van der Waals surface area contributed by atoms with Crippen molar-refractivity contribution in [1.29, 1.82) is 0 Å². The molecule has 164 valence electrons. The number of nitrogens with zero attached hydrogens (tertiary/aromatic N) is 2. The molecule has 2 N–H and O–H groups in total. The van der Waals surface area contributed by atoms with Crippen LogP contribution in [0.2, 0.25) is 0 Å². The minimum atomic E-state index is -0.00611. The summed E-state index contributed by atoms with van der Waals surface area (Å²) in [6.07, 6.45) is 3.46. The maximum Gasteiger partial charge on any atom is 0.187 e. The number of hydrogen-bond donors (Lipinski definition) is 1. The van der Waals surface area contributed by atoms with Crippen LogP contribution in [-0.2, 0) is 0 Å². The number of para-hydroxylation sites is 1. The lowest BCUT2D eigenvalue weighted by atomic mass is 9.96. The first-order valence-corrected chi connectivity index (χ1v) is 11.1. The van der Waals surface area contributed by atoms with Crippen molar-refractivity contribution in [2.45, 2.75) is 13.8 Å². The summed E-state index contributed by atoms with van der Waals surface area (Å²) >= 11 is 0. The zero-order chi connectivity index (χ0) is 22.7. The Bertz CT molecular complexity index is 1140. The number of allylic oxidation sites excluding steroid dienone is 1. The summed E-state index contributed by atoms with van der Waals surface area (Å²) in [4.78, 5) is 18.1. The molecule has 1 aliphatic heterocycles. The molecule has 0 bridgehead atoms. The average molecular weight is 426 g/mol. The van der Waals surface area contributed by atoms with Gasteiger partial charge in [0.05, 0.1) is 0 Å². The first-order chi connectivity index (χ1) is 15.4.